The quantitative estimate of drug-likeness (QED) is 0.538. The van der Waals surface area contributed by atoms with Crippen LogP contribution < -0.4 is 0 Å². The molecule has 1 fully saturated rings. The maximum atomic E-state index is 12.4. The average Bonchev–Trinajstić information content (AvgIpc) is 3.26. The smallest absolute Gasteiger partial charge is 0.353 e. The molecule has 0 aromatic carbocycles. The molecule has 1 saturated heterocycles. The molecule has 4 rings (SSSR count). The van der Waals surface area contributed by atoms with E-state index in [1.807, 2.05) is 6.92 Å². The Balaban J connectivity index is 1.70. The van der Waals surface area contributed by atoms with Gasteiger partial charge in [-0.25, -0.2) is 14.6 Å². The number of fused-ring (bicyclic) bond motifs is 2. The van der Waals surface area contributed by atoms with Gasteiger partial charge in [0.05, 0.1) is 30.7 Å². The molecule has 2 N–H and O–H groups in total. The van der Waals surface area contributed by atoms with E-state index in [0.29, 0.717) is 20.3 Å². The lowest BCUT2D eigenvalue weighted by Gasteiger charge is -2.46. The number of methoxy groups -OCH3 is 1. The lowest BCUT2D eigenvalue weighted by Crippen LogP contribution is -2.63. The van der Waals surface area contributed by atoms with Crippen LogP contribution in [0.5, 0.6) is 0 Å². The Morgan fingerprint density at radius 2 is 2.14 bits per heavy atom. The zero-order valence-electron chi connectivity index (χ0n) is 15.0. The van der Waals surface area contributed by atoms with Gasteiger partial charge in [-0.2, -0.15) is 0 Å². The summed E-state index contributed by atoms with van der Waals surface area (Å²) >= 11 is 3.94. The third kappa shape index (κ3) is 2.68. The van der Waals surface area contributed by atoms with Gasteiger partial charge in [-0.1, -0.05) is 30.0 Å². The molecule has 4 heterocycles. The summed E-state index contributed by atoms with van der Waals surface area (Å²) in [5, 5.41) is 21.3. The molecule has 0 bridgehead atoms. The van der Waals surface area contributed by atoms with E-state index in [4.69, 9.17) is 4.74 Å². The van der Waals surface area contributed by atoms with Gasteiger partial charge < -0.3 is 19.8 Å². The summed E-state index contributed by atoms with van der Waals surface area (Å²) < 4.78 is 6.20. The van der Waals surface area contributed by atoms with Crippen LogP contribution in [0.2, 0.25) is 0 Å². The highest BCUT2D eigenvalue weighted by Crippen LogP contribution is 2.52. The standard InChI is InChI=1S/C17H16N2O6S3/c1-5-10-8(6(2)20)13(21)19(10)11(14(22)23)12(5)27-17-18-9-7(15(24)25-3)4-26-16(9)28-17/h4-6,8,10,20H,1-3H3,(H,22,23)/t5-,6-,8-,10-/m1/s1. The van der Waals surface area contributed by atoms with Gasteiger partial charge in [0.2, 0.25) is 5.91 Å². The number of amides is 1. The van der Waals surface area contributed by atoms with Crippen LogP contribution in [-0.2, 0) is 14.3 Å². The molecule has 11 heteroatoms. The minimum absolute atomic E-state index is 0.0452. The second-order valence-corrected chi connectivity index (χ2v) is 10.1. The van der Waals surface area contributed by atoms with E-state index < -0.39 is 24.0 Å². The predicted molar refractivity (Wildman–Crippen MR) is 104 cm³/mol. The van der Waals surface area contributed by atoms with E-state index in [-0.39, 0.29) is 23.6 Å². The summed E-state index contributed by atoms with van der Waals surface area (Å²) in [6.07, 6.45) is -0.844. The number of carbonyl (C=O) groups excluding carboxylic acids is 2. The summed E-state index contributed by atoms with van der Waals surface area (Å²) in [5.41, 5.74) is 0.871. The topological polar surface area (TPSA) is 117 Å². The van der Waals surface area contributed by atoms with Crippen molar-refractivity contribution in [1.82, 2.24) is 9.88 Å². The number of thiophene rings is 1. The van der Waals surface area contributed by atoms with Gasteiger partial charge in [0, 0.05) is 16.2 Å². The molecule has 2 aliphatic heterocycles. The van der Waals surface area contributed by atoms with Gasteiger partial charge in [0.1, 0.15) is 15.2 Å². The fourth-order valence-electron chi connectivity index (χ4n) is 3.75. The van der Waals surface area contributed by atoms with Crippen molar-refractivity contribution in [2.75, 3.05) is 7.11 Å². The number of rotatable bonds is 5. The van der Waals surface area contributed by atoms with Crippen molar-refractivity contribution < 1.29 is 29.3 Å². The molecule has 2 aromatic heterocycles. The van der Waals surface area contributed by atoms with E-state index in [1.165, 1.54) is 46.4 Å². The number of carboxylic acid groups (broad SMARTS) is 1. The predicted octanol–water partition coefficient (Wildman–Crippen LogP) is 2.39. The minimum atomic E-state index is -1.18. The molecule has 2 aliphatic rings. The van der Waals surface area contributed by atoms with Gasteiger partial charge in [-0.05, 0) is 6.92 Å². The first-order chi connectivity index (χ1) is 13.3. The van der Waals surface area contributed by atoms with Crippen molar-refractivity contribution in [3.8, 4) is 0 Å². The number of aliphatic carboxylic acids is 1. The van der Waals surface area contributed by atoms with Crippen LogP contribution in [0.3, 0.4) is 0 Å². The van der Waals surface area contributed by atoms with E-state index in [9.17, 15) is 24.6 Å². The van der Waals surface area contributed by atoms with Crippen LogP contribution in [-0.4, -0.2) is 57.2 Å². The molecule has 0 unspecified atom stereocenters. The fourth-order valence-corrected chi connectivity index (χ4v) is 7.35. The van der Waals surface area contributed by atoms with E-state index in [0.717, 1.165) is 4.01 Å². The van der Waals surface area contributed by atoms with Crippen LogP contribution in [0.25, 0.3) is 9.53 Å². The second-order valence-electron chi connectivity index (χ2n) is 6.63. The molecule has 1 amide bonds. The first kappa shape index (κ1) is 19.4. The van der Waals surface area contributed by atoms with Gasteiger partial charge in [-0.3, -0.25) is 4.79 Å². The number of β-lactam (4-membered cyclic amide) rings is 1. The molecule has 0 spiro atoms. The fraction of sp³-hybridized carbons (Fsp3) is 0.412. The molecule has 8 nitrogen and oxygen atoms in total. The van der Waals surface area contributed by atoms with Crippen LogP contribution in [0.4, 0.5) is 0 Å². The maximum absolute atomic E-state index is 12.4. The molecule has 28 heavy (non-hydrogen) atoms. The number of carboxylic acids is 1. The number of aliphatic hydroxyl groups is 1. The molecule has 148 valence electrons. The molecule has 0 saturated carbocycles. The number of carbonyl (C=O) groups is 3. The highest BCUT2D eigenvalue weighted by molar-refractivity contribution is 8.04. The Bertz CT molecular complexity index is 1040. The molecule has 2 aromatic rings. The van der Waals surface area contributed by atoms with Crippen LogP contribution in [0.1, 0.15) is 24.2 Å². The summed E-state index contributed by atoms with van der Waals surface area (Å²) in [6, 6.07) is -0.368. The number of esters is 1. The number of thiazole rings is 1. The number of nitrogens with zero attached hydrogens (tertiary/aromatic N) is 2. The van der Waals surface area contributed by atoms with Crippen molar-refractivity contribution in [2.45, 2.75) is 30.3 Å². The van der Waals surface area contributed by atoms with Crippen molar-refractivity contribution in [1.29, 1.82) is 0 Å². The first-order valence-electron chi connectivity index (χ1n) is 8.39. The number of thioether (sulfide) groups is 1. The normalized spacial score (nSPS) is 25.1. The highest BCUT2D eigenvalue weighted by Gasteiger charge is 2.60. The molecular weight excluding hydrogens is 424 g/mol. The Morgan fingerprint density at radius 3 is 2.75 bits per heavy atom. The molecule has 0 aliphatic carbocycles. The number of hydrogen-bond donors (Lipinski definition) is 2. The minimum Gasteiger partial charge on any atom is -0.477 e. The van der Waals surface area contributed by atoms with Gasteiger partial charge in [0.25, 0.3) is 0 Å². The number of aromatic nitrogens is 1. The second kappa shape index (κ2) is 6.83. The third-order valence-electron chi connectivity index (χ3n) is 5.03. The summed E-state index contributed by atoms with van der Waals surface area (Å²) in [4.78, 5) is 42.4. The average molecular weight is 441 g/mol. The van der Waals surface area contributed by atoms with Crippen LogP contribution >= 0.6 is 34.4 Å². The molecule has 4 atom stereocenters. The van der Waals surface area contributed by atoms with Crippen molar-refractivity contribution in [2.24, 2.45) is 11.8 Å². The van der Waals surface area contributed by atoms with Crippen molar-refractivity contribution in [3.63, 3.8) is 0 Å². The Morgan fingerprint density at radius 1 is 1.43 bits per heavy atom. The van der Waals surface area contributed by atoms with E-state index in [1.54, 1.807) is 12.3 Å². The summed E-state index contributed by atoms with van der Waals surface area (Å²) in [7, 11) is 1.30. The van der Waals surface area contributed by atoms with E-state index >= 15 is 0 Å². The van der Waals surface area contributed by atoms with Crippen molar-refractivity contribution >= 4 is 61.8 Å². The summed E-state index contributed by atoms with van der Waals surface area (Å²) in [6.45, 7) is 3.40. The lowest BCUT2D eigenvalue weighted by molar-refractivity contribution is -0.163. The van der Waals surface area contributed by atoms with Crippen molar-refractivity contribution in [3.05, 3.63) is 21.5 Å². The van der Waals surface area contributed by atoms with Crippen LogP contribution in [0.15, 0.2) is 20.3 Å². The SMILES string of the molecule is COC(=O)c1csc2sc(SC3=C(C(=O)O)N4C(=O)[C@H]([C@@H](C)O)[C@H]4[C@H]3C)nc12. The Kier molecular flexibility index (Phi) is 4.73. The number of aliphatic hydroxyl groups excluding tert-OH is 1. The van der Waals surface area contributed by atoms with Gasteiger partial charge >= 0.3 is 11.9 Å². The number of hydrogen-bond acceptors (Lipinski definition) is 9. The third-order valence-corrected chi connectivity index (χ3v) is 8.52. The molecule has 0 radical (unpaired) electrons. The van der Waals surface area contributed by atoms with Crippen LogP contribution in [0, 0.1) is 11.8 Å². The highest BCUT2D eigenvalue weighted by atomic mass is 32.2. The monoisotopic (exact) mass is 440 g/mol. The lowest BCUT2D eigenvalue weighted by atomic mass is 9.79. The Hall–Kier alpha value is -1.95. The Labute approximate surface area is 171 Å². The maximum Gasteiger partial charge on any atom is 0.353 e. The zero-order valence-corrected chi connectivity index (χ0v) is 17.5. The van der Waals surface area contributed by atoms with E-state index in [2.05, 4.69) is 4.98 Å². The summed E-state index contributed by atoms with van der Waals surface area (Å²) in [5.74, 6) is -2.86. The largest absolute Gasteiger partial charge is 0.477 e. The first-order valence-corrected chi connectivity index (χ1v) is 10.9. The molecular formula is C17H16N2O6S3. The van der Waals surface area contributed by atoms with Gasteiger partial charge in [-0.15, -0.1) is 11.3 Å². The zero-order chi connectivity index (χ0) is 20.3. The number of ether oxygens (including phenoxy) is 1. The van der Waals surface area contributed by atoms with Gasteiger partial charge in [0.15, 0.2) is 4.34 Å².